The van der Waals surface area contributed by atoms with Crippen LogP contribution in [0.2, 0.25) is 5.02 Å². The van der Waals surface area contributed by atoms with Crippen LogP contribution in [0.1, 0.15) is 11.1 Å². The summed E-state index contributed by atoms with van der Waals surface area (Å²) in [4.78, 5) is 8.73. The van der Waals surface area contributed by atoms with Gasteiger partial charge in [0.25, 0.3) is 0 Å². The Morgan fingerprint density at radius 2 is 1.79 bits per heavy atom. The molecule has 2 aromatic heterocycles. The molecule has 0 aliphatic heterocycles. The molecule has 38 heavy (non-hydrogen) atoms. The molecule has 2 heterocycles. The zero-order chi connectivity index (χ0) is 26.7. The van der Waals surface area contributed by atoms with E-state index in [1.54, 1.807) is 35.0 Å². The highest BCUT2D eigenvalue weighted by Gasteiger charge is 2.18. The lowest BCUT2D eigenvalue weighted by atomic mass is 10.1. The van der Waals surface area contributed by atoms with Gasteiger partial charge in [0.15, 0.2) is 15.5 Å². The molecule has 0 saturated carbocycles. The highest BCUT2D eigenvalue weighted by atomic mass is 35.5. The van der Waals surface area contributed by atoms with Gasteiger partial charge < -0.3 is 10.5 Å². The number of sulfone groups is 1. The molecule has 2 N–H and O–H groups in total. The van der Waals surface area contributed by atoms with Crippen LogP contribution in [-0.4, -0.2) is 28.2 Å². The summed E-state index contributed by atoms with van der Waals surface area (Å²) in [7, 11) is -3.57. The Hall–Kier alpha value is -4.21. The first-order valence-electron chi connectivity index (χ1n) is 11.7. The predicted molar refractivity (Wildman–Crippen MR) is 148 cm³/mol. The third-order valence-corrected chi connectivity index (χ3v) is 7.67. The van der Waals surface area contributed by atoms with Gasteiger partial charge in [-0.3, -0.25) is 0 Å². The van der Waals surface area contributed by atoms with Gasteiger partial charge in [-0.2, -0.15) is 5.10 Å². The fraction of sp³-hybridized carbons (Fsp3) is 0.107. The number of fused-ring (bicyclic) bond motifs is 1. The summed E-state index contributed by atoms with van der Waals surface area (Å²) in [5, 5.41) is 7.17. The topological polar surface area (TPSA) is 113 Å². The van der Waals surface area contributed by atoms with E-state index in [1.165, 1.54) is 17.8 Å². The monoisotopic (exact) mass is 545 g/mol. The molecule has 5 aromatic rings. The number of hydrogen-bond acceptors (Lipinski definition) is 7. The maximum absolute atomic E-state index is 12.6. The number of anilines is 1. The average molecular weight is 546 g/mol. The number of hydrogen-bond donors (Lipinski definition) is 1. The Labute approximate surface area is 225 Å². The van der Waals surface area contributed by atoms with Crippen molar-refractivity contribution in [2.24, 2.45) is 0 Å². The lowest BCUT2D eigenvalue weighted by molar-refractivity contribution is 0.304. The van der Waals surface area contributed by atoms with Crippen LogP contribution in [-0.2, 0) is 23.0 Å². The summed E-state index contributed by atoms with van der Waals surface area (Å²) >= 11 is 5.96. The second kappa shape index (κ2) is 10.6. The minimum absolute atomic E-state index is 0.181. The highest BCUT2D eigenvalue weighted by molar-refractivity contribution is 7.94. The number of aryl methyl sites for hydroxylation is 1. The Balaban J connectivity index is 1.42. The minimum atomic E-state index is -3.57. The number of nitrogen functional groups attached to an aromatic ring is 1. The molecule has 0 bridgehead atoms. The summed E-state index contributed by atoms with van der Waals surface area (Å²) in [5.41, 5.74) is 10.1. The van der Waals surface area contributed by atoms with E-state index >= 15 is 0 Å². The zero-order valence-electron chi connectivity index (χ0n) is 20.5. The van der Waals surface area contributed by atoms with E-state index in [0.29, 0.717) is 28.4 Å². The van der Waals surface area contributed by atoms with Crippen LogP contribution in [0, 0.1) is 6.92 Å². The molecule has 192 valence electrons. The Morgan fingerprint density at radius 3 is 2.53 bits per heavy atom. The molecule has 0 fully saturated rings. The number of halogens is 1. The van der Waals surface area contributed by atoms with Crippen LogP contribution in [0.25, 0.3) is 22.3 Å². The third-order valence-electron chi connectivity index (χ3n) is 5.94. The predicted octanol–water partition coefficient (Wildman–Crippen LogP) is 5.60. The number of aromatic nitrogens is 4. The second-order valence-electron chi connectivity index (χ2n) is 8.61. The largest absolute Gasteiger partial charge is 0.489 e. The molecule has 0 spiro atoms. The average Bonchev–Trinajstić information content (AvgIpc) is 3.29. The number of rotatable bonds is 8. The molecule has 0 amide bonds. The smallest absolute Gasteiger partial charge is 0.199 e. The van der Waals surface area contributed by atoms with Crippen molar-refractivity contribution in [2.45, 2.75) is 25.0 Å². The van der Waals surface area contributed by atoms with E-state index in [9.17, 15) is 8.42 Å². The van der Waals surface area contributed by atoms with Gasteiger partial charge in [0.2, 0.25) is 0 Å². The summed E-state index contributed by atoms with van der Waals surface area (Å²) in [6.45, 7) is 2.55. The molecule has 10 heteroatoms. The molecule has 3 aromatic carbocycles. The van der Waals surface area contributed by atoms with Crippen LogP contribution in [0.3, 0.4) is 0 Å². The van der Waals surface area contributed by atoms with Crippen molar-refractivity contribution in [1.82, 2.24) is 19.7 Å². The number of nitrogens with two attached hydrogens (primary N) is 1. The molecule has 0 atom stereocenters. The van der Waals surface area contributed by atoms with E-state index in [0.717, 1.165) is 22.4 Å². The number of benzene rings is 3. The van der Waals surface area contributed by atoms with E-state index in [2.05, 4.69) is 9.97 Å². The van der Waals surface area contributed by atoms with Gasteiger partial charge in [-0.25, -0.2) is 23.1 Å². The maximum Gasteiger partial charge on any atom is 0.199 e. The SMILES string of the molecule is Cc1cc(-c2nn(C/C=C/S(=O)(=O)c3ccccc3)c3ncnc(N)c23)ccc1OCc1ccc(Cl)cc1. The number of nitrogens with zero attached hydrogens (tertiary/aromatic N) is 4. The van der Waals surface area contributed by atoms with Crippen molar-refractivity contribution in [2.75, 3.05) is 5.73 Å². The lowest BCUT2D eigenvalue weighted by Gasteiger charge is -2.10. The first-order valence-corrected chi connectivity index (χ1v) is 13.7. The summed E-state index contributed by atoms with van der Waals surface area (Å²) in [5.74, 6) is 1.03. The van der Waals surface area contributed by atoms with Crippen LogP contribution < -0.4 is 10.5 Å². The van der Waals surface area contributed by atoms with Crippen LogP contribution in [0.4, 0.5) is 5.82 Å². The summed E-state index contributed by atoms with van der Waals surface area (Å²) in [6.07, 6.45) is 2.90. The molecule has 0 aliphatic carbocycles. The third kappa shape index (κ3) is 5.39. The Kier molecular flexibility index (Phi) is 7.13. The van der Waals surface area contributed by atoms with E-state index in [-0.39, 0.29) is 17.3 Å². The van der Waals surface area contributed by atoms with Gasteiger partial charge >= 0.3 is 0 Å². The maximum atomic E-state index is 12.6. The first-order chi connectivity index (χ1) is 18.3. The lowest BCUT2D eigenvalue weighted by Crippen LogP contribution is -2.02. The quantitative estimate of drug-likeness (QED) is 0.270. The van der Waals surface area contributed by atoms with Gasteiger partial charge in [-0.15, -0.1) is 0 Å². The van der Waals surface area contributed by atoms with Gasteiger partial charge in [-0.05, 0) is 60.5 Å². The molecule has 8 nitrogen and oxygen atoms in total. The van der Waals surface area contributed by atoms with Crippen molar-refractivity contribution in [3.05, 3.63) is 107 Å². The van der Waals surface area contributed by atoms with E-state index in [4.69, 9.17) is 27.2 Å². The van der Waals surface area contributed by atoms with Crippen molar-refractivity contribution >= 4 is 38.3 Å². The van der Waals surface area contributed by atoms with Crippen LogP contribution in [0.5, 0.6) is 5.75 Å². The molecular weight excluding hydrogens is 522 g/mol. The fourth-order valence-corrected chi connectivity index (χ4v) is 5.18. The van der Waals surface area contributed by atoms with Crippen molar-refractivity contribution < 1.29 is 13.2 Å². The number of allylic oxidation sites excluding steroid dienone is 1. The second-order valence-corrected chi connectivity index (χ2v) is 10.9. The van der Waals surface area contributed by atoms with E-state index < -0.39 is 9.84 Å². The molecule has 0 aliphatic rings. The standard InChI is InChI=1S/C28H24ClN5O3S/c1-19-16-21(10-13-24(19)37-17-20-8-11-22(29)12-9-20)26-25-27(30)31-18-32-28(25)34(33-26)14-5-15-38(35,36)23-6-3-2-4-7-23/h2-13,15-16,18H,14,17H2,1H3,(H2,30,31,32)/b15-5+. The van der Waals surface area contributed by atoms with Crippen LogP contribution >= 0.6 is 11.6 Å². The fourth-order valence-electron chi connectivity index (χ4n) is 4.02. The van der Waals surface area contributed by atoms with Crippen molar-refractivity contribution in [3.8, 4) is 17.0 Å². The molecule has 0 radical (unpaired) electrons. The van der Waals surface area contributed by atoms with Gasteiger partial charge in [0.1, 0.15) is 30.2 Å². The molecule has 5 rings (SSSR count). The highest BCUT2D eigenvalue weighted by Crippen LogP contribution is 2.33. The van der Waals surface area contributed by atoms with Crippen molar-refractivity contribution in [1.29, 1.82) is 0 Å². The van der Waals surface area contributed by atoms with Gasteiger partial charge in [-0.1, -0.05) is 48.0 Å². The van der Waals surface area contributed by atoms with E-state index in [1.807, 2.05) is 49.4 Å². The zero-order valence-corrected chi connectivity index (χ0v) is 22.0. The van der Waals surface area contributed by atoms with Gasteiger partial charge in [0.05, 0.1) is 16.8 Å². The Bertz CT molecular complexity index is 1730. The summed E-state index contributed by atoms with van der Waals surface area (Å²) in [6, 6.07) is 21.5. The first kappa shape index (κ1) is 25.4. The molecular formula is C28H24ClN5O3S. The molecule has 0 saturated heterocycles. The summed E-state index contributed by atoms with van der Waals surface area (Å²) < 4.78 is 32.8. The molecule has 0 unspecified atom stereocenters. The van der Waals surface area contributed by atoms with Crippen LogP contribution in [0.15, 0.2) is 95.5 Å². The van der Waals surface area contributed by atoms with Crippen molar-refractivity contribution in [3.63, 3.8) is 0 Å². The Morgan fingerprint density at radius 1 is 1.03 bits per heavy atom. The number of ether oxygens (including phenoxy) is 1. The van der Waals surface area contributed by atoms with Gasteiger partial charge in [0, 0.05) is 16.0 Å². The normalized spacial score (nSPS) is 11.8. The minimum Gasteiger partial charge on any atom is -0.489 e.